The Morgan fingerprint density at radius 2 is 1.96 bits per heavy atom. The number of ether oxygens (including phenoxy) is 2. The summed E-state index contributed by atoms with van der Waals surface area (Å²) in [7, 11) is 4.63. The van der Waals surface area contributed by atoms with Crippen LogP contribution in [0.15, 0.2) is 27.7 Å². The van der Waals surface area contributed by atoms with E-state index in [9.17, 15) is 9.90 Å². The second-order valence-corrected chi connectivity index (χ2v) is 5.97. The highest BCUT2D eigenvalue weighted by molar-refractivity contribution is 8.00. The molecule has 1 heterocycles. The third-order valence-corrected chi connectivity index (χ3v) is 4.21. The molecule has 1 aromatic carbocycles. The molecule has 1 N–H and O–H groups in total. The van der Waals surface area contributed by atoms with Crippen molar-refractivity contribution >= 4 is 23.4 Å². The summed E-state index contributed by atoms with van der Waals surface area (Å²) >= 11 is 1.07. The molecule has 1 atom stereocenters. The summed E-state index contributed by atoms with van der Waals surface area (Å²) in [5.41, 5.74) is 0.538. The molecule has 0 saturated carbocycles. The minimum absolute atomic E-state index is 0.260. The van der Waals surface area contributed by atoms with Gasteiger partial charge in [0.2, 0.25) is 5.91 Å². The van der Waals surface area contributed by atoms with Crippen LogP contribution >= 0.6 is 11.8 Å². The van der Waals surface area contributed by atoms with Gasteiger partial charge in [-0.2, -0.15) is 0 Å². The number of thioether (sulfide) groups is 1. The van der Waals surface area contributed by atoms with Crippen LogP contribution in [-0.2, 0) is 11.8 Å². The summed E-state index contributed by atoms with van der Waals surface area (Å²) in [6.07, 6.45) is 0. The van der Waals surface area contributed by atoms with E-state index in [1.54, 1.807) is 32.2 Å². The fraction of sp³-hybridized carbons (Fsp3) is 0.357. The summed E-state index contributed by atoms with van der Waals surface area (Å²) in [6.45, 7) is 1.68. The molecule has 124 valence electrons. The van der Waals surface area contributed by atoms with Gasteiger partial charge in [-0.05, 0) is 18.7 Å². The van der Waals surface area contributed by atoms with Gasteiger partial charge in [0.25, 0.3) is 5.03 Å². The summed E-state index contributed by atoms with van der Waals surface area (Å²) in [5, 5.41) is 17.5. The van der Waals surface area contributed by atoms with Crippen LogP contribution in [0.4, 0.5) is 5.69 Å². The predicted octanol–water partition coefficient (Wildman–Crippen LogP) is 0.709. The van der Waals surface area contributed by atoms with Crippen molar-refractivity contribution in [2.24, 2.45) is 7.05 Å². The number of aryl methyl sites for hydroxylation is 1. The molecule has 1 unspecified atom stereocenters. The largest absolute Gasteiger partial charge is 0.538 e. The van der Waals surface area contributed by atoms with Crippen molar-refractivity contribution in [1.82, 2.24) is 5.27 Å². The quantitative estimate of drug-likeness (QED) is 0.611. The lowest BCUT2D eigenvalue weighted by Gasteiger charge is -2.12. The van der Waals surface area contributed by atoms with Crippen molar-refractivity contribution in [3.8, 4) is 17.4 Å². The molecule has 1 amide bonds. The van der Waals surface area contributed by atoms with Gasteiger partial charge in [0.05, 0.1) is 24.7 Å². The third kappa shape index (κ3) is 4.07. The maximum atomic E-state index is 12.3. The van der Waals surface area contributed by atoms with Gasteiger partial charge in [0.1, 0.15) is 11.5 Å². The lowest BCUT2D eigenvalue weighted by atomic mass is 10.2. The number of benzene rings is 1. The summed E-state index contributed by atoms with van der Waals surface area (Å²) in [6, 6.07) is 5.06. The maximum absolute atomic E-state index is 12.3. The second kappa shape index (κ2) is 7.23. The highest BCUT2D eigenvalue weighted by Crippen LogP contribution is 2.29. The van der Waals surface area contributed by atoms with E-state index in [2.05, 4.69) is 15.1 Å². The van der Waals surface area contributed by atoms with Gasteiger partial charge in [-0.15, -0.1) is 0 Å². The average molecular weight is 339 g/mol. The van der Waals surface area contributed by atoms with Crippen LogP contribution < -0.4 is 24.6 Å². The van der Waals surface area contributed by atoms with Crippen molar-refractivity contribution < 1.29 is 28.6 Å². The van der Waals surface area contributed by atoms with E-state index in [1.807, 2.05) is 0 Å². The Hall–Kier alpha value is -2.42. The van der Waals surface area contributed by atoms with Gasteiger partial charge in [0.15, 0.2) is 13.0 Å². The summed E-state index contributed by atoms with van der Waals surface area (Å²) in [5.74, 6) is 0.283. The SMILES string of the molecule is COc1cc(NC(=O)C(C)Sc2c([O-])on[n+]2C)cc(OC)c1. The Labute approximate surface area is 137 Å². The Bertz CT molecular complexity index is 662. The number of carbonyl (C=O) groups excluding carboxylic acids is 1. The fourth-order valence-corrected chi connectivity index (χ4v) is 2.60. The van der Waals surface area contributed by atoms with Crippen molar-refractivity contribution in [2.45, 2.75) is 17.2 Å². The number of nitrogens with one attached hydrogen (secondary N) is 1. The molecule has 0 aliphatic carbocycles. The Morgan fingerprint density at radius 1 is 1.35 bits per heavy atom. The van der Waals surface area contributed by atoms with Gasteiger partial charge in [-0.1, -0.05) is 4.68 Å². The molecule has 23 heavy (non-hydrogen) atoms. The second-order valence-electron chi connectivity index (χ2n) is 4.64. The van der Waals surface area contributed by atoms with Crippen molar-refractivity contribution in [3.05, 3.63) is 18.2 Å². The first-order valence-electron chi connectivity index (χ1n) is 6.68. The average Bonchev–Trinajstić information content (AvgIpc) is 2.86. The topological polar surface area (TPSA) is 101 Å². The molecule has 8 nitrogen and oxygen atoms in total. The van der Waals surface area contributed by atoms with Crippen LogP contribution in [0.25, 0.3) is 0 Å². The third-order valence-electron chi connectivity index (χ3n) is 2.99. The van der Waals surface area contributed by atoms with E-state index in [0.29, 0.717) is 17.2 Å². The van der Waals surface area contributed by atoms with Gasteiger partial charge < -0.3 is 24.4 Å². The Morgan fingerprint density at radius 3 is 2.43 bits per heavy atom. The Balaban J connectivity index is 2.09. The molecule has 0 fully saturated rings. The highest BCUT2D eigenvalue weighted by Gasteiger charge is 2.23. The number of methoxy groups -OCH3 is 2. The molecule has 0 spiro atoms. The standard InChI is InChI=1S/C14H17N3O5S/c1-8(23-13-14(19)22-16-17(13)2)12(18)15-9-5-10(20-3)7-11(6-9)21-4/h5-8H,1-4H3,(H-,15,16,18,19). The Kier molecular flexibility index (Phi) is 5.32. The van der Waals surface area contributed by atoms with Gasteiger partial charge in [-0.3, -0.25) is 4.79 Å². The molecule has 0 bridgehead atoms. The number of rotatable bonds is 6. The number of aromatic nitrogens is 2. The van der Waals surface area contributed by atoms with Crippen molar-refractivity contribution in [3.63, 3.8) is 0 Å². The number of carbonyl (C=O) groups is 1. The lowest BCUT2D eigenvalue weighted by Crippen LogP contribution is -2.33. The lowest BCUT2D eigenvalue weighted by molar-refractivity contribution is -0.772. The number of anilines is 1. The van der Waals surface area contributed by atoms with E-state index in [-0.39, 0.29) is 10.9 Å². The van der Waals surface area contributed by atoms with Gasteiger partial charge >= 0.3 is 0 Å². The number of amides is 1. The van der Waals surface area contributed by atoms with Crippen molar-refractivity contribution in [2.75, 3.05) is 19.5 Å². The van der Waals surface area contributed by atoms with E-state index in [1.165, 1.54) is 18.9 Å². The molecule has 0 radical (unpaired) electrons. The summed E-state index contributed by atoms with van der Waals surface area (Å²) < 4.78 is 16.1. The molecule has 9 heteroatoms. The van der Waals surface area contributed by atoms with Gasteiger partial charge in [-0.25, -0.2) is 0 Å². The molecule has 2 rings (SSSR count). The molecule has 0 aliphatic rings. The van der Waals surface area contributed by atoms with Crippen LogP contribution in [0.5, 0.6) is 17.4 Å². The smallest absolute Gasteiger partial charge is 0.291 e. The monoisotopic (exact) mass is 339 g/mol. The number of nitrogens with zero attached hydrogens (tertiary/aromatic N) is 2. The normalized spacial score (nSPS) is 11.8. The van der Waals surface area contributed by atoms with E-state index in [0.717, 1.165) is 11.8 Å². The van der Waals surface area contributed by atoms with Crippen LogP contribution in [0.1, 0.15) is 6.92 Å². The fourth-order valence-electron chi connectivity index (χ4n) is 1.78. The minimum atomic E-state index is -0.569. The minimum Gasteiger partial charge on any atom is -0.538 e. The zero-order chi connectivity index (χ0) is 17.0. The van der Waals surface area contributed by atoms with Crippen molar-refractivity contribution in [1.29, 1.82) is 0 Å². The predicted molar refractivity (Wildman–Crippen MR) is 80.6 cm³/mol. The van der Waals surface area contributed by atoms with Crippen LogP contribution in [0, 0.1) is 0 Å². The molecule has 1 aromatic heterocycles. The summed E-state index contributed by atoms with van der Waals surface area (Å²) in [4.78, 5) is 12.3. The van der Waals surface area contributed by atoms with Gasteiger partial charge in [0, 0.05) is 23.9 Å². The first-order valence-corrected chi connectivity index (χ1v) is 7.56. The first-order chi connectivity index (χ1) is 10.9. The zero-order valence-electron chi connectivity index (χ0n) is 13.2. The number of hydrogen-bond acceptors (Lipinski definition) is 7. The first kappa shape index (κ1) is 16.9. The molecular weight excluding hydrogens is 322 g/mol. The zero-order valence-corrected chi connectivity index (χ0v) is 14.0. The van der Waals surface area contributed by atoms with Crippen LogP contribution in [-0.4, -0.2) is 30.6 Å². The van der Waals surface area contributed by atoms with E-state index < -0.39 is 11.2 Å². The maximum Gasteiger partial charge on any atom is 0.291 e. The van der Waals surface area contributed by atoms with E-state index in [4.69, 9.17) is 9.47 Å². The molecule has 2 aromatic rings. The van der Waals surface area contributed by atoms with Crippen LogP contribution in [0.2, 0.25) is 0 Å². The molecule has 0 aliphatic heterocycles. The molecule has 0 saturated heterocycles. The van der Waals surface area contributed by atoms with Crippen LogP contribution in [0.3, 0.4) is 0 Å². The number of hydrogen-bond donors (Lipinski definition) is 1. The molecular formula is C14H17N3O5S. The van der Waals surface area contributed by atoms with E-state index >= 15 is 0 Å². The highest BCUT2D eigenvalue weighted by atomic mass is 32.2.